The highest BCUT2D eigenvalue weighted by Gasteiger charge is 2.18. The summed E-state index contributed by atoms with van der Waals surface area (Å²) in [4.78, 5) is 29.8. The summed E-state index contributed by atoms with van der Waals surface area (Å²) in [6.45, 7) is 0. The van der Waals surface area contributed by atoms with Crippen molar-refractivity contribution in [3.63, 3.8) is 0 Å². The van der Waals surface area contributed by atoms with Crippen LogP contribution in [0.5, 0.6) is 5.75 Å². The molecule has 1 aromatic carbocycles. The summed E-state index contributed by atoms with van der Waals surface area (Å²) in [5.74, 6) is -0.321. The van der Waals surface area contributed by atoms with Gasteiger partial charge < -0.3 is 10.1 Å². The molecule has 0 saturated carbocycles. The maximum Gasteiger partial charge on any atom is 0.296 e. The van der Waals surface area contributed by atoms with Crippen molar-refractivity contribution < 1.29 is 14.5 Å². The van der Waals surface area contributed by atoms with Crippen LogP contribution in [-0.2, 0) is 0 Å². The third-order valence-corrected chi connectivity index (χ3v) is 2.70. The number of anilines is 1. The Morgan fingerprint density at radius 2 is 2.14 bits per heavy atom. The van der Waals surface area contributed by atoms with E-state index in [0.717, 1.165) is 0 Å². The molecule has 0 atom stereocenters. The lowest BCUT2D eigenvalue weighted by Crippen LogP contribution is -2.15. The number of nitrogens with zero attached hydrogens (tertiary/aromatic N) is 3. The molecule has 0 spiro atoms. The molecule has 2 rings (SSSR count). The first-order valence-electron chi connectivity index (χ1n) is 5.62. The fourth-order valence-electron chi connectivity index (χ4n) is 1.51. The van der Waals surface area contributed by atoms with Crippen molar-refractivity contribution in [1.29, 1.82) is 0 Å². The van der Waals surface area contributed by atoms with Crippen LogP contribution in [0.1, 0.15) is 10.5 Å². The molecule has 0 aliphatic heterocycles. The van der Waals surface area contributed by atoms with Crippen LogP contribution in [0, 0.1) is 10.1 Å². The zero-order valence-electron chi connectivity index (χ0n) is 10.7. The van der Waals surface area contributed by atoms with Gasteiger partial charge in [-0.2, -0.15) is 0 Å². The standard InChI is InChI=1S/C12H9ClN4O4/c1-21-7-2-3-8(10(4-7)17(19)20)16-12(18)9-5-15-11(13)6-14-9/h2-6H,1H3,(H,16,18). The Morgan fingerprint density at radius 3 is 2.71 bits per heavy atom. The van der Waals surface area contributed by atoms with Crippen LogP contribution in [0.15, 0.2) is 30.6 Å². The number of nitrogens with one attached hydrogen (secondary N) is 1. The average molecular weight is 309 g/mol. The molecular weight excluding hydrogens is 300 g/mol. The Hall–Kier alpha value is -2.74. The van der Waals surface area contributed by atoms with Crippen molar-refractivity contribution in [3.8, 4) is 5.75 Å². The minimum absolute atomic E-state index is 0.00971. The van der Waals surface area contributed by atoms with E-state index in [0.29, 0.717) is 5.75 Å². The van der Waals surface area contributed by atoms with Crippen molar-refractivity contribution in [3.05, 3.63) is 51.6 Å². The average Bonchev–Trinajstić information content (AvgIpc) is 2.48. The van der Waals surface area contributed by atoms with Crippen molar-refractivity contribution in [1.82, 2.24) is 9.97 Å². The number of hydrogen-bond acceptors (Lipinski definition) is 6. The van der Waals surface area contributed by atoms with Crippen molar-refractivity contribution in [2.24, 2.45) is 0 Å². The molecule has 1 aromatic heterocycles. The molecule has 108 valence electrons. The van der Waals surface area contributed by atoms with E-state index in [1.807, 2.05) is 0 Å². The van der Waals surface area contributed by atoms with Crippen LogP contribution < -0.4 is 10.1 Å². The number of carbonyl (C=O) groups excluding carboxylic acids is 1. The zero-order valence-corrected chi connectivity index (χ0v) is 11.5. The molecule has 0 aliphatic rings. The molecule has 0 radical (unpaired) electrons. The predicted octanol–water partition coefficient (Wildman–Crippen LogP) is 2.30. The van der Waals surface area contributed by atoms with Crippen molar-refractivity contribution >= 4 is 28.9 Å². The van der Waals surface area contributed by atoms with Gasteiger partial charge in [-0.1, -0.05) is 11.6 Å². The van der Waals surface area contributed by atoms with Gasteiger partial charge in [-0.05, 0) is 12.1 Å². The van der Waals surface area contributed by atoms with Gasteiger partial charge in [0.25, 0.3) is 11.6 Å². The number of nitro benzene ring substituents is 1. The number of rotatable bonds is 4. The summed E-state index contributed by atoms with van der Waals surface area (Å²) in [6.07, 6.45) is 2.38. The van der Waals surface area contributed by atoms with Gasteiger partial charge in [0.05, 0.1) is 30.5 Å². The van der Waals surface area contributed by atoms with Gasteiger partial charge in [0.15, 0.2) is 0 Å². The molecule has 0 saturated heterocycles. The zero-order chi connectivity index (χ0) is 15.4. The molecule has 1 amide bonds. The minimum Gasteiger partial charge on any atom is -0.496 e. The highest BCUT2D eigenvalue weighted by molar-refractivity contribution is 6.29. The molecule has 0 unspecified atom stereocenters. The molecule has 21 heavy (non-hydrogen) atoms. The van der Waals surface area contributed by atoms with E-state index in [-0.39, 0.29) is 22.2 Å². The molecule has 8 nitrogen and oxygen atoms in total. The normalized spacial score (nSPS) is 10.0. The van der Waals surface area contributed by atoms with Gasteiger partial charge in [0.2, 0.25) is 0 Å². The van der Waals surface area contributed by atoms with Gasteiger partial charge in [-0.15, -0.1) is 0 Å². The van der Waals surface area contributed by atoms with Crippen LogP contribution in [0.3, 0.4) is 0 Å². The van der Waals surface area contributed by atoms with Crippen LogP contribution in [-0.4, -0.2) is 27.9 Å². The Balaban J connectivity index is 2.28. The fraction of sp³-hybridized carbons (Fsp3) is 0.0833. The second-order valence-electron chi connectivity index (χ2n) is 3.82. The van der Waals surface area contributed by atoms with Gasteiger partial charge in [-0.25, -0.2) is 9.97 Å². The topological polar surface area (TPSA) is 107 Å². The number of carbonyl (C=O) groups is 1. The second-order valence-corrected chi connectivity index (χ2v) is 4.21. The Morgan fingerprint density at radius 1 is 1.38 bits per heavy atom. The number of aromatic nitrogens is 2. The Labute approximate surface area is 123 Å². The fourth-order valence-corrected chi connectivity index (χ4v) is 1.61. The summed E-state index contributed by atoms with van der Waals surface area (Å²) in [6, 6.07) is 4.08. The second kappa shape index (κ2) is 6.14. The lowest BCUT2D eigenvalue weighted by atomic mass is 10.2. The Kier molecular flexibility index (Phi) is 4.29. The minimum atomic E-state index is -0.632. The van der Waals surface area contributed by atoms with Gasteiger partial charge in [-0.3, -0.25) is 14.9 Å². The molecule has 0 fully saturated rings. The number of nitro groups is 1. The van der Waals surface area contributed by atoms with Crippen LogP contribution >= 0.6 is 11.6 Å². The maximum absolute atomic E-state index is 11.9. The highest BCUT2D eigenvalue weighted by atomic mass is 35.5. The first kappa shape index (κ1) is 14.7. The maximum atomic E-state index is 11.9. The number of amides is 1. The van der Waals surface area contributed by atoms with E-state index in [1.165, 1.54) is 37.7 Å². The third-order valence-electron chi connectivity index (χ3n) is 2.50. The van der Waals surface area contributed by atoms with E-state index in [2.05, 4.69) is 15.3 Å². The van der Waals surface area contributed by atoms with Gasteiger partial charge in [0, 0.05) is 0 Å². The summed E-state index contributed by atoms with van der Waals surface area (Å²) in [5.41, 5.74) is -0.267. The lowest BCUT2D eigenvalue weighted by molar-refractivity contribution is -0.384. The molecule has 9 heteroatoms. The molecule has 1 heterocycles. The number of benzene rings is 1. The summed E-state index contributed by atoms with van der Waals surface area (Å²) in [7, 11) is 1.39. The monoisotopic (exact) mass is 308 g/mol. The summed E-state index contributed by atoms with van der Waals surface area (Å²) in [5, 5.41) is 13.5. The van der Waals surface area contributed by atoms with E-state index in [4.69, 9.17) is 16.3 Å². The van der Waals surface area contributed by atoms with E-state index in [9.17, 15) is 14.9 Å². The van der Waals surface area contributed by atoms with E-state index < -0.39 is 10.8 Å². The molecule has 0 bridgehead atoms. The SMILES string of the molecule is COc1ccc(NC(=O)c2cnc(Cl)cn2)c([N+](=O)[O-])c1. The molecule has 2 aromatic rings. The highest BCUT2D eigenvalue weighted by Crippen LogP contribution is 2.29. The van der Waals surface area contributed by atoms with E-state index >= 15 is 0 Å². The van der Waals surface area contributed by atoms with Crippen LogP contribution in [0.4, 0.5) is 11.4 Å². The van der Waals surface area contributed by atoms with Gasteiger partial charge >= 0.3 is 0 Å². The molecule has 1 N–H and O–H groups in total. The first-order valence-corrected chi connectivity index (χ1v) is 6.00. The largest absolute Gasteiger partial charge is 0.496 e. The van der Waals surface area contributed by atoms with Crippen molar-refractivity contribution in [2.45, 2.75) is 0 Å². The Bertz CT molecular complexity index is 690. The van der Waals surface area contributed by atoms with E-state index in [1.54, 1.807) is 0 Å². The van der Waals surface area contributed by atoms with Gasteiger partial charge in [0.1, 0.15) is 22.3 Å². The smallest absolute Gasteiger partial charge is 0.296 e. The van der Waals surface area contributed by atoms with Crippen LogP contribution in [0.2, 0.25) is 5.15 Å². The molecular formula is C12H9ClN4O4. The number of ether oxygens (including phenoxy) is 1. The van der Waals surface area contributed by atoms with Crippen LogP contribution in [0.25, 0.3) is 0 Å². The third kappa shape index (κ3) is 3.42. The number of hydrogen-bond donors (Lipinski definition) is 1. The predicted molar refractivity (Wildman–Crippen MR) is 74.6 cm³/mol. The quantitative estimate of drug-likeness (QED) is 0.686. The number of halogens is 1. The molecule has 0 aliphatic carbocycles. The van der Waals surface area contributed by atoms with Crippen molar-refractivity contribution in [2.75, 3.05) is 12.4 Å². The summed E-state index contributed by atoms with van der Waals surface area (Å²) >= 11 is 5.57. The first-order chi connectivity index (χ1) is 10.0. The lowest BCUT2D eigenvalue weighted by Gasteiger charge is -2.07. The number of methoxy groups -OCH3 is 1. The summed E-state index contributed by atoms with van der Waals surface area (Å²) < 4.78 is 4.91.